The smallest absolute Gasteiger partial charge is 0.361 e. The van der Waals surface area contributed by atoms with Crippen molar-refractivity contribution in [3.05, 3.63) is 47.2 Å². The summed E-state index contributed by atoms with van der Waals surface area (Å²) in [5.74, 6) is -2.05. The molecule has 3 rings (SSSR count). The lowest BCUT2D eigenvalue weighted by molar-refractivity contribution is -0.394. The van der Waals surface area contributed by atoms with Crippen LogP contribution in [-0.4, -0.2) is 30.5 Å². The molecule has 0 fully saturated rings. The van der Waals surface area contributed by atoms with E-state index in [-0.39, 0.29) is 24.4 Å². The zero-order valence-corrected chi connectivity index (χ0v) is 17.0. The molecule has 28 heavy (non-hydrogen) atoms. The summed E-state index contributed by atoms with van der Waals surface area (Å²) in [4.78, 5) is 13.2. The van der Waals surface area contributed by atoms with Crippen LogP contribution in [0.2, 0.25) is 0 Å². The van der Waals surface area contributed by atoms with Gasteiger partial charge in [-0.25, -0.2) is 0 Å². The highest BCUT2D eigenvalue weighted by atomic mass is 16.9. The Morgan fingerprint density at radius 1 is 1.18 bits per heavy atom. The van der Waals surface area contributed by atoms with Gasteiger partial charge in [0.05, 0.1) is 25.2 Å². The van der Waals surface area contributed by atoms with Crippen LogP contribution < -0.4 is 5.73 Å². The van der Waals surface area contributed by atoms with E-state index in [2.05, 4.69) is 6.07 Å². The van der Waals surface area contributed by atoms with Crippen LogP contribution in [-0.2, 0) is 19.0 Å². The summed E-state index contributed by atoms with van der Waals surface area (Å²) >= 11 is 0. The number of nitrogens with zero attached hydrogens (tertiary/aromatic N) is 1. The molecule has 0 saturated carbocycles. The van der Waals surface area contributed by atoms with Gasteiger partial charge in [-0.1, -0.05) is 44.2 Å². The van der Waals surface area contributed by atoms with Crippen LogP contribution in [0.25, 0.3) is 0 Å². The van der Waals surface area contributed by atoms with E-state index in [0.717, 1.165) is 5.56 Å². The number of hydrogen-bond donors (Lipinski definition) is 1. The first-order chi connectivity index (χ1) is 13.2. The van der Waals surface area contributed by atoms with Crippen molar-refractivity contribution in [3.63, 3.8) is 0 Å². The van der Waals surface area contributed by atoms with Crippen LogP contribution in [0.15, 0.2) is 41.7 Å². The Kier molecular flexibility index (Phi) is 5.37. The van der Waals surface area contributed by atoms with Gasteiger partial charge in [0.2, 0.25) is 5.54 Å². The standard InChI is InChI=1S/C22H28N2O4/c1-5-26-22(27-6-2)21(24,14-23)19(15-10-8-7-9-11-15)18-16(25)12-20(3,4)13-17(18)28-22/h7-11,19H,5-6,12-13,24H2,1-4H3. The molecule has 0 aromatic heterocycles. The quantitative estimate of drug-likeness (QED) is 0.782. The van der Waals surface area contributed by atoms with E-state index in [1.807, 2.05) is 44.2 Å². The average Bonchev–Trinajstić information content (AvgIpc) is 2.63. The van der Waals surface area contributed by atoms with E-state index in [0.29, 0.717) is 24.2 Å². The van der Waals surface area contributed by atoms with Crippen molar-refractivity contribution in [2.45, 2.75) is 58.0 Å². The lowest BCUT2D eigenvalue weighted by Crippen LogP contribution is -2.70. The fraction of sp³-hybridized carbons (Fsp3) is 0.545. The Labute approximate surface area is 166 Å². The molecule has 2 unspecified atom stereocenters. The van der Waals surface area contributed by atoms with Gasteiger partial charge >= 0.3 is 5.97 Å². The minimum Gasteiger partial charge on any atom is -0.441 e. The van der Waals surface area contributed by atoms with Gasteiger partial charge in [0, 0.05) is 18.4 Å². The molecule has 0 bridgehead atoms. The molecule has 1 aliphatic carbocycles. The molecule has 0 spiro atoms. The van der Waals surface area contributed by atoms with Crippen molar-refractivity contribution in [2.24, 2.45) is 11.1 Å². The lowest BCUT2D eigenvalue weighted by Gasteiger charge is -2.52. The minimum atomic E-state index is -1.79. The van der Waals surface area contributed by atoms with E-state index in [1.165, 1.54) is 0 Å². The highest BCUT2D eigenvalue weighted by Crippen LogP contribution is 2.54. The van der Waals surface area contributed by atoms with Gasteiger partial charge in [0.15, 0.2) is 5.78 Å². The molecule has 150 valence electrons. The largest absolute Gasteiger partial charge is 0.441 e. The molecule has 1 heterocycles. The number of ether oxygens (including phenoxy) is 3. The van der Waals surface area contributed by atoms with Crippen LogP contribution in [0.1, 0.15) is 52.0 Å². The third-order valence-corrected chi connectivity index (χ3v) is 5.37. The zero-order chi connectivity index (χ0) is 20.6. The van der Waals surface area contributed by atoms with Gasteiger partial charge in [-0.05, 0) is 24.8 Å². The van der Waals surface area contributed by atoms with Gasteiger partial charge in [-0.3, -0.25) is 4.79 Å². The maximum Gasteiger partial charge on any atom is 0.361 e. The average molecular weight is 384 g/mol. The first-order valence-corrected chi connectivity index (χ1v) is 9.72. The molecular formula is C22H28N2O4. The Morgan fingerprint density at radius 3 is 2.32 bits per heavy atom. The molecular weight excluding hydrogens is 356 g/mol. The van der Waals surface area contributed by atoms with Crippen molar-refractivity contribution >= 4 is 5.78 Å². The van der Waals surface area contributed by atoms with Crippen molar-refractivity contribution in [2.75, 3.05) is 13.2 Å². The number of ketones is 1. The normalized spacial score (nSPS) is 28.3. The van der Waals surface area contributed by atoms with E-state index < -0.39 is 17.4 Å². The summed E-state index contributed by atoms with van der Waals surface area (Å²) in [6, 6.07) is 11.5. The van der Waals surface area contributed by atoms with Crippen LogP contribution in [0.5, 0.6) is 0 Å². The molecule has 0 saturated heterocycles. The van der Waals surface area contributed by atoms with Gasteiger partial charge in [0.1, 0.15) is 5.76 Å². The highest BCUT2D eigenvalue weighted by Gasteiger charge is 2.66. The van der Waals surface area contributed by atoms with Crippen LogP contribution in [0, 0.1) is 16.7 Å². The first-order valence-electron chi connectivity index (χ1n) is 9.72. The Morgan fingerprint density at radius 2 is 1.79 bits per heavy atom. The van der Waals surface area contributed by atoms with E-state index in [9.17, 15) is 10.1 Å². The number of nitriles is 1. The van der Waals surface area contributed by atoms with Crippen LogP contribution in [0.3, 0.4) is 0 Å². The van der Waals surface area contributed by atoms with E-state index in [4.69, 9.17) is 19.9 Å². The van der Waals surface area contributed by atoms with Crippen molar-refractivity contribution < 1.29 is 19.0 Å². The SMILES string of the molecule is CCOC1(OCC)OC2=C(C(=O)CC(C)(C)C2)C(c2ccccc2)C1(N)C#N. The number of nitrogens with two attached hydrogens (primary N) is 1. The Hall–Kier alpha value is -2.20. The van der Waals surface area contributed by atoms with Crippen molar-refractivity contribution in [3.8, 4) is 6.07 Å². The van der Waals surface area contributed by atoms with Gasteiger partial charge < -0.3 is 19.9 Å². The first kappa shape index (κ1) is 20.5. The number of carbonyl (C=O) groups is 1. The second kappa shape index (κ2) is 7.32. The number of rotatable bonds is 5. The van der Waals surface area contributed by atoms with Crippen molar-refractivity contribution in [1.82, 2.24) is 0 Å². The summed E-state index contributed by atoms with van der Waals surface area (Å²) in [6.45, 7) is 8.10. The molecule has 1 aromatic carbocycles. The Balaban J connectivity index is 2.30. The van der Waals surface area contributed by atoms with E-state index >= 15 is 0 Å². The van der Waals surface area contributed by atoms with Gasteiger partial charge in [-0.15, -0.1) is 0 Å². The summed E-state index contributed by atoms with van der Waals surface area (Å²) in [7, 11) is 0. The minimum absolute atomic E-state index is 0.0493. The zero-order valence-electron chi connectivity index (χ0n) is 17.0. The van der Waals surface area contributed by atoms with Crippen molar-refractivity contribution in [1.29, 1.82) is 5.26 Å². The maximum absolute atomic E-state index is 13.2. The fourth-order valence-electron chi connectivity index (χ4n) is 4.27. The maximum atomic E-state index is 13.2. The lowest BCUT2D eigenvalue weighted by atomic mass is 9.65. The predicted octanol–water partition coefficient (Wildman–Crippen LogP) is 3.39. The molecule has 2 atom stereocenters. The summed E-state index contributed by atoms with van der Waals surface area (Å²) < 4.78 is 18.0. The molecule has 6 heteroatoms. The molecule has 1 aromatic rings. The Bertz CT molecular complexity index is 819. The highest BCUT2D eigenvalue weighted by molar-refractivity contribution is 5.99. The molecule has 6 nitrogen and oxygen atoms in total. The summed E-state index contributed by atoms with van der Waals surface area (Å²) in [5, 5.41) is 10.2. The fourth-order valence-corrected chi connectivity index (χ4v) is 4.27. The monoisotopic (exact) mass is 384 g/mol. The van der Waals surface area contributed by atoms with Crippen LogP contribution >= 0.6 is 0 Å². The molecule has 2 aliphatic rings. The van der Waals surface area contributed by atoms with Gasteiger partial charge in [0.25, 0.3) is 0 Å². The molecule has 0 amide bonds. The number of Topliss-reactive ketones (excluding diaryl/α,β-unsaturated/α-hetero) is 1. The number of carbonyl (C=O) groups excluding carboxylic acids is 1. The van der Waals surface area contributed by atoms with E-state index in [1.54, 1.807) is 13.8 Å². The number of benzene rings is 1. The summed E-state index contributed by atoms with van der Waals surface area (Å²) in [5.41, 5.74) is 5.92. The number of allylic oxidation sites excluding steroid dienone is 1. The topological polar surface area (TPSA) is 94.6 Å². The molecule has 2 N–H and O–H groups in total. The molecule has 0 radical (unpaired) electrons. The second-order valence-corrected chi connectivity index (χ2v) is 8.13. The van der Waals surface area contributed by atoms with Crippen LogP contribution in [0.4, 0.5) is 0 Å². The number of hydrogen-bond acceptors (Lipinski definition) is 6. The summed E-state index contributed by atoms with van der Waals surface area (Å²) in [6.07, 6.45) is 0.914. The second-order valence-electron chi connectivity index (χ2n) is 8.13. The third kappa shape index (κ3) is 3.14. The predicted molar refractivity (Wildman–Crippen MR) is 104 cm³/mol. The molecule has 1 aliphatic heterocycles. The van der Waals surface area contributed by atoms with Gasteiger partial charge in [-0.2, -0.15) is 5.26 Å². The third-order valence-electron chi connectivity index (χ3n) is 5.37.